The number of aromatic nitrogens is 2. The molecule has 1 aliphatic carbocycles. The predicted octanol–water partition coefficient (Wildman–Crippen LogP) is 1.65. The molecule has 1 saturated carbocycles. The van der Waals surface area contributed by atoms with Gasteiger partial charge in [-0.3, -0.25) is 9.98 Å². The number of nitrogens with zero attached hydrogens (tertiary/aromatic N) is 2. The summed E-state index contributed by atoms with van der Waals surface area (Å²) >= 11 is 0. The lowest BCUT2D eigenvalue weighted by atomic mass is 10.2. The van der Waals surface area contributed by atoms with E-state index in [-0.39, 0.29) is 5.69 Å². The molecule has 2 aromatic rings. The first kappa shape index (κ1) is 13.2. The Bertz CT molecular complexity index is 757. The van der Waals surface area contributed by atoms with E-state index >= 15 is 0 Å². The molecule has 22 heavy (non-hydrogen) atoms. The van der Waals surface area contributed by atoms with Crippen molar-refractivity contribution in [3.63, 3.8) is 0 Å². The second-order valence-corrected chi connectivity index (χ2v) is 6.07. The van der Waals surface area contributed by atoms with Crippen LogP contribution < -0.4 is 11.0 Å². The van der Waals surface area contributed by atoms with Crippen molar-refractivity contribution in [3.05, 3.63) is 52.1 Å². The Morgan fingerprint density at radius 1 is 1.23 bits per heavy atom. The van der Waals surface area contributed by atoms with Gasteiger partial charge in [0.05, 0.1) is 13.2 Å². The molecule has 6 nitrogen and oxygen atoms in total. The van der Waals surface area contributed by atoms with E-state index in [9.17, 15) is 4.79 Å². The molecule has 0 saturated heterocycles. The van der Waals surface area contributed by atoms with Crippen LogP contribution in [0.25, 0.3) is 0 Å². The van der Waals surface area contributed by atoms with Gasteiger partial charge in [0.15, 0.2) is 0 Å². The molecule has 1 fully saturated rings. The van der Waals surface area contributed by atoms with E-state index in [1.54, 1.807) is 4.57 Å². The molecular formula is C16H19N5O. The van der Waals surface area contributed by atoms with Crippen molar-refractivity contribution in [3.8, 4) is 0 Å². The average Bonchev–Trinajstić information content (AvgIpc) is 3.29. The number of fused-ring (bicyclic) bond motifs is 1. The van der Waals surface area contributed by atoms with Crippen molar-refractivity contribution in [2.24, 2.45) is 5.92 Å². The normalized spacial score (nSPS) is 17.3. The summed E-state index contributed by atoms with van der Waals surface area (Å²) < 4.78 is 1.67. The summed E-state index contributed by atoms with van der Waals surface area (Å²) in [6.07, 6.45) is 2.50. The van der Waals surface area contributed by atoms with Gasteiger partial charge in [-0.15, -0.1) is 0 Å². The molecule has 0 spiro atoms. The van der Waals surface area contributed by atoms with E-state index in [0.29, 0.717) is 30.7 Å². The second-order valence-electron chi connectivity index (χ2n) is 6.07. The number of nitrogens with one attached hydrogen (secondary N) is 3. The van der Waals surface area contributed by atoms with E-state index in [1.807, 2.05) is 35.2 Å². The maximum absolute atomic E-state index is 12.2. The first-order valence-electron chi connectivity index (χ1n) is 7.67. The number of rotatable bonds is 4. The first-order valence-corrected chi connectivity index (χ1v) is 7.67. The van der Waals surface area contributed by atoms with E-state index in [1.165, 1.54) is 12.8 Å². The van der Waals surface area contributed by atoms with Gasteiger partial charge in [0, 0.05) is 6.54 Å². The molecule has 0 atom stereocenters. The molecule has 1 aliphatic heterocycles. The SMILES string of the molecule is N=C1c2[nH]c(=O)n(Cc3ccccc3)c2NCN1CC1CC1. The molecule has 4 rings (SSSR count). The largest absolute Gasteiger partial charge is 0.352 e. The third-order valence-electron chi connectivity index (χ3n) is 4.33. The van der Waals surface area contributed by atoms with Gasteiger partial charge >= 0.3 is 5.69 Å². The van der Waals surface area contributed by atoms with Crippen LogP contribution in [0, 0.1) is 11.3 Å². The monoisotopic (exact) mass is 297 g/mol. The smallest absolute Gasteiger partial charge is 0.328 e. The Morgan fingerprint density at radius 2 is 2.00 bits per heavy atom. The Hall–Kier alpha value is -2.50. The van der Waals surface area contributed by atoms with Crippen LogP contribution in [0.5, 0.6) is 0 Å². The molecule has 0 unspecified atom stereocenters. The van der Waals surface area contributed by atoms with Crippen LogP contribution in [-0.4, -0.2) is 33.5 Å². The molecule has 1 aromatic carbocycles. The lowest BCUT2D eigenvalue weighted by Crippen LogP contribution is -2.41. The number of anilines is 1. The zero-order chi connectivity index (χ0) is 15.1. The Kier molecular flexibility index (Phi) is 3.03. The fourth-order valence-electron chi connectivity index (χ4n) is 2.92. The Labute approximate surface area is 128 Å². The summed E-state index contributed by atoms with van der Waals surface area (Å²) in [5, 5.41) is 11.6. The van der Waals surface area contributed by atoms with Crippen molar-refractivity contribution < 1.29 is 0 Å². The lowest BCUT2D eigenvalue weighted by Gasteiger charge is -2.30. The maximum atomic E-state index is 12.2. The van der Waals surface area contributed by atoms with Crippen LogP contribution in [0.2, 0.25) is 0 Å². The summed E-state index contributed by atoms with van der Waals surface area (Å²) in [4.78, 5) is 17.1. The molecule has 3 N–H and O–H groups in total. The van der Waals surface area contributed by atoms with Gasteiger partial charge in [-0.1, -0.05) is 30.3 Å². The fourth-order valence-corrected chi connectivity index (χ4v) is 2.92. The first-order chi connectivity index (χ1) is 10.7. The van der Waals surface area contributed by atoms with E-state index in [2.05, 4.69) is 10.3 Å². The van der Waals surface area contributed by atoms with Crippen molar-refractivity contribution in [2.75, 3.05) is 18.5 Å². The van der Waals surface area contributed by atoms with Gasteiger partial charge in [-0.05, 0) is 24.3 Å². The number of H-pyrrole nitrogens is 1. The number of amidine groups is 1. The summed E-state index contributed by atoms with van der Waals surface area (Å²) in [6, 6.07) is 9.89. The van der Waals surface area contributed by atoms with E-state index < -0.39 is 0 Å². The fraction of sp³-hybridized carbons (Fsp3) is 0.375. The van der Waals surface area contributed by atoms with E-state index in [0.717, 1.165) is 17.9 Å². The number of hydrogen-bond acceptors (Lipinski definition) is 3. The molecule has 0 radical (unpaired) electrons. The molecule has 0 bridgehead atoms. The van der Waals surface area contributed by atoms with Gasteiger partial charge in [-0.2, -0.15) is 0 Å². The summed E-state index contributed by atoms with van der Waals surface area (Å²) in [6.45, 7) is 2.00. The number of benzene rings is 1. The summed E-state index contributed by atoms with van der Waals surface area (Å²) in [5.41, 5.74) is 1.51. The highest BCUT2D eigenvalue weighted by atomic mass is 16.1. The highest BCUT2D eigenvalue weighted by Crippen LogP contribution is 2.31. The highest BCUT2D eigenvalue weighted by Gasteiger charge is 2.31. The topological polar surface area (TPSA) is 76.9 Å². The van der Waals surface area contributed by atoms with Gasteiger partial charge in [0.2, 0.25) is 0 Å². The van der Waals surface area contributed by atoms with Crippen LogP contribution >= 0.6 is 0 Å². The van der Waals surface area contributed by atoms with Crippen molar-refractivity contribution in [1.82, 2.24) is 14.5 Å². The molecule has 0 amide bonds. The van der Waals surface area contributed by atoms with Crippen LogP contribution in [0.4, 0.5) is 5.82 Å². The molecular weight excluding hydrogens is 278 g/mol. The predicted molar refractivity (Wildman–Crippen MR) is 85.3 cm³/mol. The van der Waals surface area contributed by atoms with Gasteiger partial charge in [-0.25, -0.2) is 4.79 Å². The second kappa shape index (κ2) is 5.05. The number of aromatic amines is 1. The lowest BCUT2D eigenvalue weighted by molar-refractivity contribution is 0.415. The third-order valence-corrected chi connectivity index (χ3v) is 4.33. The average molecular weight is 297 g/mol. The Morgan fingerprint density at radius 3 is 2.73 bits per heavy atom. The minimum absolute atomic E-state index is 0.167. The van der Waals surface area contributed by atoms with Crippen LogP contribution in [0.3, 0.4) is 0 Å². The minimum atomic E-state index is -0.167. The van der Waals surface area contributed by atoms with Gasteiger partial charge in [0.1, 0.15) is 17.3 Å². The quantitative estimate of drug-likeness (QED) is 0.803. The molecule has 2 heterocycles. The van der Waals surface area contributed by atoms with Crippen LogP contribution in [0.15, 0.2) is 35.1 Å². The molecule has 6 heteroatoms. The Balaban J connectivity index is 1.63. The molecule has 1 aromatic heterocycles. The van der Waals surface area contributed by atoms with E-state index in [4.69, 9.17) is 5.41 Å². The van der Waals surface area contributed by atoms with Crippen molar-refractivity contribution >= 4 is 11.7 Å². The number of imidazole rings is 1. The minimum Gasteiger partial charge on any atom is -0.352 e. The number of hydrogen-bond donors (Lipinski definition) is 3. The van der Waals surface area contributed by atoms with Crippen LogP contribution in [0.1, 0.15) is 24.1 Å². The molecule has 2 aliphatic rings. The summed E-state index contributed by atoms with van der Waals surface area (Å²) in [5.74, 6) is 1.86. The highest BCUT2D eigenvalue weighted by molar-refractivity contribution is 6.00. The van der Waals surface area contributed by atoms with Crippen molar-refractivity contribution in [1.29, 1.82) is 5.41 Å². The third kappa shape index (κ3) is 2.30. The zero-order valence-corrected chi connectivity index (χ0v) is 12.3. The van der Waals surface area contributed by atoms with Gasteiger partial charge in [0.25, 0.3) is 0 Å². The van der Waals surface area contributed by atoms with Crippen molar-refractivity contribution in [2.45, 2.75) is 19.4 Å². The molecule has 114 valence electrons. The van der Waals surface area contributed by atoms with Crippen LogP contribution in [-0.2, 0) is 6.54 Å². The summed E-state index contributed by atoms with van der Waals surface area (Å²) in [7, 11) is 0. The standard InChI is InChI=1S/C16H19N5O/c17-14-13-15(18-10-20(14)8-12-6-7-12)21(16(22)19-13)9-11-4-2-1-3-5-11/h1-5,12,17-18H,6-10H2,(H,19,22). The maximum Gasteiger partial charge on any atom is 0.328 e. The van der Waals surface area contributed by atoms with Gasteiger partial charge < -0.3 is 15.2 Å². The zero-order valence-electron chi connectivity index (χ0n) is 12.3.